The van der Waals surface area contributed by atoms with Crippen molar-refractivity contribution >= 4 is 5.91 Å². The number of nitriles is 1. The van der Waals surface area contributed by atoms with Gasteiger partial charge in [0.15, 0.2) is 0 Å². The average Bonchev–Trinajstić information content (AvgIpc) is 2.05. The first-order chi connectivity index (χ1) is 5.74. The molecule has 2 N–H and O–H groups in total. The summed E-state index contributed by atoms with van der Waals surface area (Å²) in [5.74, 6) is -0.574. The first kappa shape index (κ1) is 8.21. The Kier molecular flexibility index (Phi) is 2.38. The molecule has 1 aromatic rings. The zero-order valence-corrected chi connectivity index (χ0v) is 6.32. The van der Waals surface area contributed by atoms with E-state index in [0.29, 0.717) is 5.69 Å². The summed E-state index contributed by atoms with van der Waals surface area (Å²) in [7, 11) is 0. The second-order valence-corrected chi connectivity index (χ2v) is 2.21. The van der Waals surface area contributed by atoms with Crippen molar-refractivity contribution in [3.05, 3.63) is 29.6 Å². The second kappa shape index (κ2) is 3.49. The lowest BCUT2D eigenvalue weighted by Crippen LogP contribution is -2.13. The largest absolute Gasteiger partial charge is 0.364 e. The maximum atomic E-state index is 10.6. The Morgan fingerprint density at radius 1 is 1.67 bits per heavy atom. The Labute approximate surface area is 69.6 Å². The highest BCUT2D eigenvalue weighted by atomic mass is 16.1. The van der Waals surface area contributed by atoms with Crippen LogP contribution in [0.25, 0.3) is 0 Å². The van der Waals surface area contributed by atoms with Crippen molar-refractivity contribution in [2.24, 2.45) is 5.73 Å². The molecule has 0 atom stereocenters. The molecule has 0 bridgehead atoms. The standard InChI is InChI=1S/C8H7N3O/c9-5-4-6-2-1-3-7(11-6)8(10)12/h1-3H,4H2,(H2,10,12). The molecule has 0 saturated heterocycles. The van der Waals surface area contributed by atoms with Crippen LogP contribution in [0.15, 0.2) is 18.2 Å². The van der Waals surface area contributed by atoms with Crippen LogP contribution in [-0.2, 0) is 6.42 Å². The summed E-state index contributed by atoms with van der Waals surface area (Å²) in [6, 6.07) is 6.78. The SMILES string of the molecule is N#CCc1cccc(C(N)=O)n1. The van der Waals surface area contributed by atoms with Crippen molar-refractivity contribution in [2.45, 2.75) is 6.42 Å². The Hall–Kier alpha value is -1.89. The van der Waals surface area contributed by atoms with Gasteiger partial charge in [-0.3, -0.25) is 4.79 Å². The molecule has 1 heterocycles. The summed E-state index contributed by atoms with van der Waals surface area (Å²) in [5.41, 5.74) is 5.76. The molecule has 0 saturated carbocycles. The van der Waals surface area contributed by atoms with E-state index in [9.17, 15) is 4.79 Å². The number of nitrogens with zero attached hydrogens (tertiary/aromatic N) is 2. The van der Waals surface area contributed by atoms with Gasteiger partial charge in [0.25, 0.3) is 5.91 Å². The van der Waals surface area contributed by atoms with Gasteiger partial charge in [-0.25, -0.2) is 4.98 Å². The Morgan fingerprint density at radius 2 is 2.42 bits per heavy atom. The van der Waals surface area contributed by atoms with Crippen LogP contribution in [0.1, 0.15) is 16.2 Å². The van der Waals surface area contributed by atoms with E-state index >= 15 is 0 Å². The number of pyridine rings is 1. The minimum absolute atomic E-state index is 0.196. The van der Waals surface area contributed by atoms with E-state index in [1.54, 1.807) is 12.1 Å². The van der Waals surface area contributed by atoms with Gasteiger partial charge in [-0.05, 0) is 12.1 Å². The lowest BCUT2D eigenvalue weighted by Gasteiger charge is -1.96. The molecular weight excluding hydrogens is 154 g/mol. The minimum Gasteiger partial charge on any atom is -0.364 e. The highest BCUT2D eigenvalue weighted by Gasteiger charge is 2.01. The van der Waals surface area contributed by atoms with Crippen LogP contribution in [0.3, 0.4) is 0 Å². The molecule has 12 heavy (non-hydrogen) atoms. The summed E-state index contributed by atoms with van der Waals surface area (Å²) in [6.07, 6.45) is 0.196. The topological polar surface area (TPSA) is 79.8 Å². The number of hydrogen-bond acceptors (Lipinski definition) is 3. The first-order valence-electron chi connectivity index (χ1n) is 3.36. The molecule has 4 heteroatoms. The molecule has 0 aliphatic rings. The van der Waals surface area contributed by atoms with E-state index in [1.807, 2.05) is 6.07 Å². The fourth-order valence-corrected chi connectivity index (χ4v) is 0.796. The number of primary amides is 1. The van der Waals surface area contributed by atoms with Gasteiger partial charge in [-0.1, -0.05) is 6.07 Å². The lowest BCUT2D eigenvalue weighted by molar-refractivity contribution is 0.0995. The van der Waals surface area contributed by atoms with Crippen LogP contribution in [0, 0.1) is 11.3 Å². The smallest absolute Gasteiger partial charge is 0.267 e. The zero-order valence-electron chi connectivity index (χ0n) is 6.32. The molecule has 1 aromatic heterocycles. The molecule has 0 aliphatic carbocycles. The molecule has 0 aromatic carbocycles. The molecule has 60 valence electrons. The number of amides is 1. The molecule has 1 amide bonds. The van der Waals surface area contributed by atoms with E-state index in [1.165, 1.54) is 6.07 Å². The maximum Gasteiger partial charge on any atom is 0.267 e. The number of nitrogens with two attached hydrogens (primary N) is 1. The number of rotatable bonds is 2. The van der Waals surface area contributed by atoms with Crippen molar-refractivity contribution in [2.75, 3.05) is 0 Å². The first-order valence-corrected chi connectivity index (χ1v) is 3.36. The normalized spacial score (nSPS) is 8.92. The average molecular weight is 161 g/mol. The summed E-state index contributed by atoms with van der Waals surface area (Å²) < 4.78 is 0. The van der Waals surface area contributed by atoms with Gasteiger partial charge < -0.3 is 5.73 Å². The predicted molar refractivity (Wildman–Crippen MR) is 42.1 cm³/mol. The summed E-state index contributed by atoms with van der Waals surface area (Å²) in [4.78, 5) is 14.5. The van der Waals surface area contributed by atoms with Gasteiger partial charge in [0.05, 0.1) is 18.2 Å². The molecule has 0 unspecified atom stereocenters. The monoisotopic (exact) mass is 161 g/mol. The van der Waals surface area contributed by atoms with Gasteiger partial charge in [0.2, 0.25) is 0 Å². The van der Waals surface area contributed by atoms with Gasteiger partial charge in [0, 0.05) is 0 Å². The van der Waals surface area contributed by atoms with Crippen molar-refractivity contribution < 1.29 is 4.79 Å². The van der Waals surface area contributed by atoms with Gasteiger partial charge in [0.1, 0.15) is 5.69 Å². The Bertz CT molecular complexity index is 340. The van der Waals surface area contributed by atoms with Crippen LogP contribution in [0.5, 0.6) is 0 Å². The van der Waals surface area contributed by atoms with Crippen LogP contribution in [-0.4, -0.2) is 10.9 Å². The molecule has 0 radical (unpaired) electrons. The quantitative estimate of drug-likeness (QED) is 0.674. The predicted octanol–water partition coefficient (Wildman–Crippen LogP) is 0.247. The maximum absolute atomic E-state index is 10.6. The van der Waals surface area contributed by atoms with Crippen LogP contribution < -0.4 is 5.73 Å². The Balaban J connectivity index is 2.97. The molecule has 0 fully saturated rings. The molecule has 0 aliphatic heterocycles. The van der Waals surface area contributed by atoms with Crippen LogP contribution in [0.2, 0.25) is 0 Å². The van der Waals surface area contributed by atoms with Crippen molar-refractivity contribution in [1.29, 1.82) is 5.26 Å². The summed E-state index contributed by atoms with van der Waals surface area (Å²) in [5, 5.41) is 8.34. The van der Waals surface area contributed by atoms with Crippen molar-refractivity contribution in [3.8, 4) is 6.07 Å². The van der Waals surface area contributed by atoms with Crippen molar-refractivity contribution in [3.63, 3.8) is 0 Å². The number of hydrogen-bond donors (Lipinski definition) is 1. The van der Waals surface area contributed by atoms with Crippen LogP contribution >= 0.6 is 0 Å². The van der Waals surface area contributed by atoms with E-state index in [0.717, 1.165) is 0 Å². The number of carbonyl (C=O) groups excluding carboxylic acids is 1. The fraction of sp³-hybridized carbons (Fsp3) is 0.125. The van der Waals surface area contributed by atoms with E-state index in [2.05, 4.69) is 4.98 Å². The van der Waals surface area contributed by atoms with E-state index < -0.39 is 5.91 Å². The third-order valence-electron chi connectivity index (χ3n) is 1.32. The summed E-state index contributed by atoms with van der Waals surface area (Å²) in [6.45, 7) is 0. The van der Waals surface area contributed by atoms with Crippen molar-refractivity contribution in [1.82, 2.24) is 4.98 Å². The zero-order chi connectivity index (χ0) is 8.97. The summed E-state index contributed by atoms with van der Waals surface area (Å²) >= 11 is 0. The minimum atomic E-state index is -0.574. The van der Waals surface area contributed by atoms with Gasteiger partial charge in [-0.2, -0.15) is 5.26 Å². The van der Waals surface area contributed by atoms with E-state index in [-0.39, 0.29) is 12.1 Å². The lowest BCUT2D eigenvalue weighted by atomic mass is 10.2. The third kappa shape index (κ3) is 1.80. The number of aromatic nitrogens is 1. The fourth-order valence-electron chi connectivity index (χ4n) is 0.796. The molecule has 1 rings (SSSR count). The van der Waals surface area contributed by atoms with Crippen LogP contribution in [0.4, 0.5) is 0 Å². The Morgan fingerprint density at radius 3 is 3.00 bits per heavy atom. The number of carbonyl (C=O) groups is 1. The molecular formula is C8H7N3O. The van der Waals surface area contributed by atoms with E-state index in [4.69, 9.17) is 11.0 Å². The second-order valence-electron chi connectivity index (χ2n) is 2.21. The molecule has 0 spiro atoms. The highest BCUT2D eigenvalue weighted by molar-refractivity contribution is 5.90. The highest BCUT2D eigenvalue weighted by Crippen LogP contribution is 1.98. The van der Waals surface area contributed by atoms with Gasteiger partial charge >= 0.3 is 0 Å². The molecule has 4 nitrogen and oxygen atoms in total. The third-order valence-corrected chi connectivity index (χ3v) is 1.32. The van der Waals surface area contributed by atoms with Gasteiger partial charge in [-0.15, -0.1) is 0 Å².